The maximum atomic E-state index is 12.7. The molecule has 8 heteroatoms. The molecule has 2 saturated heterocycles. The lowest BCUT2D eigenvalue weighted by Crippen LogP contribution is -2.45. The largest absolute Gasteiger partial charge is 0.379 e. The van der Waals surface area contributed by atoms with E-state index in [1.165, 1.54) is 0 Å². The fraction of sp³-hybridized carbons (Fsp3) is 0.571. The summed E-state index contributed by atoms with van der Waals surface area (Å²) in [7, 11) is 0. The van der Waals surface area contributed by atoms with E-state index < -0.39 is 11.6 Å². The first-order chi connectivity index (χ1) is 14.1. The van der Waals surface area contributed by atoms with Crippen LogP contribution in [0.25, 0.3) is 0 Å². The molecule has 1 aliphatic carbocycles. The highest BCUT2D eigenvalue weighted by Crippen LogP contribution is 2.34. The Morgan fingerprint density at radius 1 is 1.10 bits per heavy atom. The second kappa shape index (κ2) is 8.51. The van der Waals surface area contributed by atoms with E-state index in [0.29, 0.717) is 19.4 Å². The first kappa shape index (κ1) is 19.8. The second-order valence-corrected chi connectivity index (χ2v) is 8.04. The predicted molar refractivity (Wildman–Crippen MR) is 106 cm³/mol. The summed E-state index contributed by atoms with van der Waals surface area (Å²) in [5, 5.41) is 5.67. The van der Waals surface area contributed by atoms with Crippen LogP contribution >= 0.6 is 0 Å². The Morgan fingerprint density at radius 3 is 2.52 bits per heavy atom. The molecule has 0 aromatic heterocycles. The van der Waals surface area contributed by atoms with E-state index in [0.717, 1.165) is 61.7 Å². The average molecular weight is 400 g/mol. The Bertz CT molecular complexity index is 785. The zero-order valence-electron chi connectivity index (χ0n) is 16.6. The van der Waals surface area contributed by atoms with Gasteiger partial charge in [-0.1, -0.05) is 37.1 Å². The predicted octanol–water partition coefficient (Wildman–Crippen LogP) is 1.000. The average Bonchev–Trinajstić information content (AvgIpc) is 3.29. The summed E-state index contributed by atoms with van der Waals surface area (Å²) in [4.78, 5) is 40.7. The Kier molecular flexibility index (Phi) is 5.82. The molecule has 2 heterocycles. The van der Waals surface area contributed by atoms with Gasteiger partial charge in [0.05, 0.1) is 13.2 Å². The van der Waals surface area contributed by atoms with Gasteiger partial charge < -0.3 is 15.4 Å². The summed E-state index contributed by atoms with van der Waals surface area (Å²) in [6.07, 6.45) is 3.16. The van der Waals surface area contributed by atoms with E-state index >= 15 is 0 Å². The van der Waals surface area contributed by atoms with Crippen molar-refractivity contribution < 1.29 is 19.1 Å². The molecule has 1 saturated carbocycles. The van der Waals surface area contributed by atoms with E-state index in [2.05, 4.69) is 21.6 Å². The van der Waals surface area contributed by atoms with Gasteiger partial charge in [0, 0.05) is 26.2 Å². The molecule has 2 N–H and O–H groups in total. The Balaban J connectivity index is 1.33. The van der Waals surface area contributed by atoms with Crippen LogP contribution in [0, 0.1) is 0 Å². The molecule has 29 heavy (non-hydrogen) atoms. The van der Waals surface area contributed by atoms with Gasteiger partial charge in [-0.25, -0.2) is 4.79 Å². The third kappa shape index (κ3) is 4.28. The van der Waals surface area contributed by atoms with E-state index in [1.54, 1.807) is 0 Å². The number of hydrogen-bond donors (Lipinski definition) is 2. The first-order valence-electron chi connectivity index (χ1n) is 10.4. The number of imide groups is 1. The highest BCUT2D eigenvalue weighted by Gasteiger charge is 2.52. The van der Waals surface area contributed by atoms with Gasteiger partial charge in [-0.3, -0.25) is 19.4 Å². The minimum absolute atomic E-state index is 0.238. The SMILES string of the molecule is O=C(CN1C(=O)NC2(CCCC2)C1=O)NCc1ccccc1CN1CCOCC1. The number of amides is 4. The highest BCUT2D eigenvalue weighted by molar-refractivity contribution is 6.09. The fourth-order valence-corrected chi connectivity index (χ4v) is 4.41. The molecular weight excluding hydrogens is 372 g/mol. The molecule has 3 aliphatic rings. The van der Waals surface area contributed by atoms with Crippen LogP contribution in [0.4, 0.5) is 4.79 Å². The molecule has 2 aliphatic heterocycles. The number of nitrogens with zero attached hydrogens (tertiary/aromatic N) is 2. The number of morpholine rings is 1. The van der Waals surface area contributed by atoms with Gasteiger partial charge in [-0.15, -0.1) is 0 Å². The first-order valence-corrected chi connectivity index (χ1v) is 10.4. The number of hydrogen-bond acceptors (Lipinski definition) is 5. The lowest BCUT2D eigenvalue weighted by Gasteiger charge is -2.27. The molecule has 156 valence electrons. The maximum absolute atomic E-state index is 12.7. The van der Waals surface area contributed by atoms with Crippen molar-refractivity contribution in [3.63, 3.8) is 0 Å². The Labute approximate surface area is 170 Å². The molecule has 4 rings (SSSR count). The lowest BCUT2D eigenvalue weighted by molar-refractivity contribution is -0.134. The van der Waals surface area contributed by atoms with Crippen LogP contribution in [0.15, 0.2) is 24.3 Å². The molecular formula is C21H28N4O4. The number of ether oxygens (including phenoxy) is 1. The molecule has 3 fully saturated rings. The summed E-state index contributed by atoms with van der Waals surface area (Å²) in [5.74, 6) is -0.590. The molecule has 1 aromatic carbocycles. The number of rotatable bonds is 6. The summed E-state index contributed by atoms with van der Waals surface area (Å²) in [6, 6.07) is 7.55. The summed E-state index contributed by atoms with van der Waals surface area (Å²) in [6.45, 7) is 4.22. The third-order valence-electron chi connectivity index (χ3n) is 6.10. The van der Waals surface area contributed by atoms with Crippen molar-refractivity contribution in [3.05, 3.63) is 35.4 Å². The van der Waals surface area contributed by atoms with Crippen LogP contribution < -0.4 is 10.6 Å². The van der Waals surface area contributed by atoms with Gasteiger partial charge >= 0.3 is 6.03 Å². The van der Waals surface area contributed by atoms with Crippen molar-refractivity contribution in [3.8, 4) is 0 Å². The lowest BCUT2D eigenvalue weighted by atomic mass is 9.98. The molecule has 1 spiro atoms. The summed E-state index contributed by atoms with van der Waals surface area (Å²) >= 11 is 0. The second-order valence-electron chi connectivity index (χ2n) is 8.04. The van der Waals surface area contributed by atoms with Gasteiger partial charge in [0.1, 0.15) is 12.1 Å². The zero-order chi connectivity index (χ0) is 20.3. The van der Waals surface area contributed by atoms with E-state index in [1.807, 2.05) is 18.2 Å². The molecule has 0 bridgehead atoms. The van der Waals surface area contributed by atoms with Crippen LogP contribution in [-0.4, -0.2) is 66.0 Å². The van der Waals surface area contributed by atoms with Gasteiger partial charge in [0.15, 0.2) is 0 Å². The van der Waals surface area contributed by atoms with Crippen molar-refractivity contribution in [1.82, 2.24) is 20.4 Å². The van der Waals surface area contributed by atoms with Crippen LogP contribution in [-0.2, 0) is 27.4 Å². The molecule has 8 nitrogen and oxygen atoms in total. The molecule has 0 atom stereocenters. The number of urea groups is 1. The summed E-state index contributed by atoms with van der Waals surface area (Å²) in [5.41, 5.74) is 1.42. The monoisotopic (exact) mass is 400 g/mol. The molecule has 1 aromatic rings. The van der Waals surface area contributed by atoms with E-state index in [4.69, 9.17) is 4.74 Å². The molecule has 4 amide bonds. The molecule has 0 radical (unpaired) electrons. The van der Waals surface area contributed by atoms with Crippen molar-refractivity contribution in [2.24, 2.45) is 0 Å². The van der Waals surface area contributed by atoms with Gasteiger partial charge in [-0.2, -0.15) is 0 Å². The number of carbonyl (C=O) groups excluding carboxylic acids is 3. The van der Waals surface area contributed by atoms with Crippen molar-refractivity contribution >= 4 is 17.8 Å². The zero-order valence-corrected chi connectivity index (χ0v) is 16.6. The van der Waals surface area contributed by atoms with Gasteiger partial charge in [0.2, 0.25) is 5.91 Å². The van der Waals surface area contributed by atoms with Crippen LogP contribution in [0.2, 0.25) is 0 Å². The standard InChI is InChI=1S/C21H28N4O4/c26-18(15-25-19(27)21(23-20(25)28)7-3-4-8-21)22-13-16-5-1-2-6-17(16)14-24-9-11-29-12-10-24/h1-2,5-6H,3-4,7-15H2,(H,22,26)(H,23,28). The van der Waals surface area contributed by atoms with Gasteiger partial charge in [0.25, 0.3) is 5.91 Å². The Hall–Kier alpha value is -2.45. The van der Waals surface area contributed by atoms with E-state index in [-0.39, 0.29) is 18.4 Å². The minimum Gasteiger partial charge on any atom is -0.379 e. The number of nitrogens with one attached hydrogen (secondary N) is 2. The minimum atomic E-state index is -0.776. The Morgan fingerprint density at radius 2 is 1.79 bits per heavy atom. The summed E-state index contributed by atoms with van der Waals surface area (Å²) < 4.78 is 5.40. The fourth-order valence-electron chi connectivity index (χ4n) is 4.41. The smallest absolute Gasteiger partial charge is 0.325 e. The normalized spacial score (nSPS) is 21.6. The van der Waals surface area contributed by atoms with Crippen LogP contribution in [0.3, 0.4) is 0 Å². The quantitative estimate of drug-likeness (QED) is 0.696. The van der Waals surface area contributed by atoms with E-state index in [9.17, 15) is 14.4 Å². The van der Waals surface area contributed by atoms with Crippen LogP contribution in [0.5, 0.6) is 0 Å². The van der Waals surface area contributed by atoms with Gasteiger partial charge in [-0.05, 0) is 24.0 Å². The van der Waals surface area contributed by atoms with Crippen molar-refractivity contribution in [2.75, 3.05) is 32.8 Å². The van der Waals surface area contributed by atoms with Crippen LogP contribution in [0.1, 0.15) is 36.8 Å². The van der Waals surface area contributed by atoms with Crippen molar-refractivity contribution in [2.45, 2.75) is 44.3 Å². The third-order valence-corrected chi connectivity index (χ3v) is 6.10. The number of carbonyl (C=O) groups is 3. The molecule has 0 unspecified atom stereocenters. The maximum Gasteiger partial charge on any atom is 0.325 e. The van der Waals surface area contributed by atoms with Crippen molar-refractivity contribution in [1.29, 1.82) is 0 Å². The number of benzene rings is 1. The highest BCUT2D eigenvalue weighted by atomic mass is 16.5. The topological polar surface area (TPSA) is 91.0 Å².